The largest absolute Gasteiger partial charge is 0.459 e. The third kappa shape index (κ3) is 3.02. The predicted octanol–water partition coefficient (Wildman–Crippen LogP) is 0.730. The van der Waals surface area contributed by atoms with Gasteiger partial charge in [0.1, 0.15) is 6.04 Å². The third-order valence-electron chi connectivity index (χ3n) is 3.73. The highest BCUT2D eigenvalue weighted by molar-refractivity contribution is 5.91. The van der Waals surface area contributed by atoms with Crippen LogP contribution in [0.3, 0.4) is 0 Å². The maximum atomic E-state index is 11.9. The Labute approximate surface area is 127 Å². The topological polar surface area (TPSA) is 96.4 Å². The van der Waals surface area contributed by atoms with Crippen molar-refractivity contribution in [2.45, 2.75) is 19.0 Å². The summed E-state index contributed by atoms with van der Waals surface area (Å²) in [6, 6.07) is 2.96. The lowest BCUT2D eigenvalue weighted by molar-refractivity contribution is 0.0904. The van der Waals surface area contributed by atoms with Gasteiger partial charge in [0, 0.05) is 19.6 Å². The summed E-state index contributed by atoms with van der Waals surface area (Å²) in [4.78, 5) is 18.5. The predicted molar refractivity (Wildman–Crippen MR) is 77.1 cm³/mol. The first-order valence-electron chi connectivity index (χ1n) is 7.24. The van der Waals surface area contributed by atoms with Gasteiger partial charge >= 0.3 is 0 Å². The van der Waals surface area contributed by atoms with Gasteiger partial charge in [-0.2, -0.15) is 4.98 Å². The van der Waals surface area contributed by atoms with Crippen molar-refractivity contribution in [2.75, 3.05) is 26.7 Å². The maximum absolute atomic E-state index is 11.9. The number of hydrogen-bond acceptors (Lipinski definition) is 7. The van der Waals surface area contributed by atoms with E-state index in [1.54, 1.807) is 19.1 Å². The van der Waals surface area contributed by atoms with Crippen LogP contribution < -0.4 is 10.6 Å². The molecular formula is C14H19N5O3. The molecule has 1 saturated heterocycles. The van der Waals surface area contributed by atoms with Crippen LogP contribution in [0.4, 0.5) is 0 Å². The lowest BCUT2D eigenvalue weighted by Crippen LogP contribution is -2.44. The Bertz CT molecular complexity index is 624. The van der Waals surface area contributed by atoms with Gasteiger partial charge in [0.25, 0.3) is 5.91 Å². The highest BCUT2D eigenvalue weighted by Gasteiger charge is 2.27. The van der Waals surface area contributed by atoms with Gasteiger partial charge in [-0.15, -0.1) is 0 Å². The molecule has 2 N–H and O–H groups in total. The minimum Gasteiger partial charge on any atom is -0.459 e. The standard InChI is InChI=1S/C14H19N5O3/c1-9(16-13(20)11-4-3-7-21-11)14-17-12(18-22-14)10-8-15-5-6-19(10)2/h3-4,7,9-10,15H,5-6,8H2,1-2H3,(H,16,20). The molecule has 0 radical (unpaired) electrons. The van der Waals surface area contributed by atoms with E-state index in [-0.39, 0.29) is 23.8 Å². The van der Waals surface area contributed by atoms with Crippen molar-refractivity contribution in [1.82, 2.24) is 25.7 Å². The Morgan fingerprint density at radius 2 is 2.45 bits per heavy atom. The van der Waals surface area contributed by atoms with E-state index in [4.69, 9.17) is 8.94 Å². The first-order valence-corrected chi connectivity index (χ1v) is 7.24. The molecule has 1 aliphatic rings. The summed E-state index contributed by atoms with van der Waals surface area (Å²) in [6.07, 6.45) is 1.45. The zero-order valence-electron chi connectivity index (χ0n) is 12.6. The average molecular weight is 305 g/mol. The van der Waals surface area contributed by atoms with Crippen LogP contribution in [-0.2, 0) is 0 Å². The second-order valence-corrected chi connectivity index (χ2v) is 5.36. The molecule has 118 valence electrons. The molecule has 1 aliphatic heterocycles. The number of carbonyl (C=O) groups excluding carboxylic acids is 1. The molecule has 3 heterocycles. The van der Waals surface area contributed by atoms with Crippen molar-refractivity contribution in [1.29, 1.82) is 0 Å². The van der Waals surface area contributed by atoms with Crippen LogP contribution >= 0.6 is 0 Å². The molecular weight excluding hydrogens is 286 g/mol. The monoisotopic (exact) mass is 305 g/mol. The van der Waals surface area contributed by atoms with E-state index in [2.05, 4.69) is 25.7 Å². The summed E-state index contributed by atoms with van der Waals surface area (Å²) in [5, 5.41) is 10.1. The van der Waals surface area contributed by atoms with Gasteiger partial charge in [0.05, 0.1) is 12.3 Å². The molecule has 2 aromatic heterocycles. The van der Waals surface area contributed by atoms with Crippen LogP contribution in [0.2, 0.25) is 0 Å². The quantitative estimate of drug-likeness (QED) is 0.859. The fourth-order valence-corrected chi connectivity index (χ4v) is 2.39. The molecule has 3 rings (SSSR count). The van der Waals surface area contributed by atoms with Gasteiger partial charge < -0.3 is 19.6 Å². The third-order valence-corrected chi connectivity index (χ3v) is 3.73. The number of rotatable bonds is 4. The van der Waals surface area contributed by atoms with Crippen LogP contribution in [0.5, 0.6) is 0 Å². The lowest BCUT2D eigenvalue weighted by Gasteiger charge is -2.30. The smallest absolute Gasteiger partial charge is 0.287 e. The number of hydrogen-bond donors (Lipinski definition) is 2. The minimum absolute atomic E-state index is 0.0826. The van der Waals surface area contributed by atoms with Gasteiger partial charge in [-0.05, 0) is 26.1 Å². The number of furan rings is 1. The van der Waals surface area contributed by atoms with E-state index in [9.17, 15) is 4.79 Å². The normalized spacial score (nSPS) is 20.7. The van der Waals surface area contributed by atoms with Crippen molar-refractivity contribution in [3.63, 3.8) is 0 Å². The van der Waals surface area contributed by atoms with E-state index < -0.39 is 0 Å². The number of nitrogens with one attached hydrogen (secondary N) is 2. The lowest BCUT2D eigenvalue weighted by atomic mass is 10.2. The molecule has 8 heteroatoms. The van der Waals surface area contributed by atoms with Crippen molar-refractivity contribution in [2.24, 2.45) is 0 Å². The van der Waals surface area contributed by atoms with Gasteiger partial charge in [0.15, 0.2) is 11.6 Å². The highest BCUT2D eigenvalue weighted by Crippen LogP contribution is 2.20. The Hall–Kier alpha value is -2.19. The second kappa shape index (κ2) is 6.29. The molecule has 0 spiro atoms. The number of amides is 1. The number of likely N-dealkylation sites (N-methyl/N-ethyl adjacent to an activating group) is 1. The Morgan fingerprint density at radius 3 is 3.18 bits per heavy atom. The average Bonchev–Trinajstić information content (AvgIpc) is 3.19. The number of aromatic nitrogens is 2. The summed E-state index contributed by atoms with van der Waals surface area (Å²) in [7, 11) is 2.03. The summed E-state index contributed by atoms with van der Waals surface area (Å²) in [5.41, 5.74) is 0. The summed E-state index contributed by atoms with van der Waals surface area (Å²) >= 11 is 0. The van der Waals surface area contributed by atoms with E-state index in [1.165, 1.54) is 6.26 Å². The first kappa shape index (κ1) is 14.7. The SMILES string of the molecule is CC(NC(=O)c1ccco1)c1nc(C2CNCCN2C)no1. The molecule has 0 aliphatic carbocycles. The Morgan fingerprint density at radius 1 is 1.59 bits per heavy atom. The summed E-state index contributed by atoms with van der Waals surface area (Å²) in [6.45, 7) is 4.45. The Kier molecular flexibility index (Phi) is 4.21. The van der Waals surface area contributed by atoms with E-state index in [0.29, 0.717) is 11.7 Å². The number of nitrogens with zero attached hydrogens (tertiary/aromatic N) is 3. The van der Waals surface area contributed by atoms with E-state index >= 15 is 0 Å². The van der Waals surface area contributed by atoms with Crippen molar-refractivity contribution >= 4 is 5.91 Å². The molecule has 2 atom stereocenters. The first-order chi connectivity index (χ1) is 10.6. The van der Waals surface area contributed by atoms with Crippen LogP contribution in [0.1, 0.15) is 41.3 Å². The minimum atomic E-state index is -0.388. The van der Waals surface area contributed by atoms with Gasteiger partial charge in [0.2, 0.25) is 5.89 Å². The zero-order chi connectivity index (χ0) is 15.5. The molecule has 8 nitrogen and oxygen atoms in total. The van der Waals surface area contributed by atoms with E-state index in [0.717, 1.165) is 19.6 Å². The van der Waals surface area contributed by atoms with Gasteiger partial charge in [-0.3, -0.25) is 9.69 Å². The van der Waals surface area contributed by atoms with Crippen LogP contribution in [0.25, 0.3) is 0 Å². The number of piperazine rings is 1. The molecule has 0 aromatic carbocycles. The van der Waals surface area contributed by atoms with Crippen molar-refractivity contribution in [3.05, 3.63) is 35.9 Å². The fourth-order valence-electron chi connectivity index (χ4n) is 2.39. The maximum Gasteiger partial charge on any atom is 0.287 e. The summed E-state index contributed by atoms with van der Waals surface area (Å²) in [5.74, 6) is 0.953. The molecule has 0 saturated carbocycles. The van der Waals surface area contributed by atoms with E-state index in [1.807, 2.05) is 7.05 Å². The molecule has 22 heavy (non-hydrogen) atoms. The second-order valence-electron chi connectivity index (χ2n) is 5.36. The highest BCUT2D eigenvalue weighted by atomic mass is 16.5. The zero-order valence-corrected chi connectivity index (χ0v) is 12.6. The molecule has 1 fully saturated rings. The van der Waals surface area contributed by atoms with Crippen molar-refractivity contribution in [3.8, 4) is 0 Å². The fraction of sp³-hybridized carbons (Fsp3) is 0.500. The number of carbonyl (C=O) groups is 1. The summed E-state index contributed by atoms with van der Waals surface area (Å²) < 4.78 is 10.3. The van der Waals surface area contributed by atoms with Crippen LogP contribution in [0.15, 0.2) is 27.3 Å². The Balaban J connectivity index is 1.66. The molecule has 0 bridgehead atoms. The van der Waals surface area contributed by atoms with Gasteiger partial charge in [-0.1, -0.05) is 5.16 Å². The van der Waals surface area contributed by atoms with Crippen LogP contribution in [-0.4, -0.2) is 47.6 Å². The molecule has 2 aromatic rings. The van der Waals surface area contributed by atoms with Crippen LogP contribution in [0, 0.1) is 0 Å². The molecule has 1 amide bonds. The molecule has 2 unspecified atom stereocenters. The van der Waals surface area contributed by atoms with Crippen molar-refractivity contribution < 1.29 is 13.7 Å². The van der Waals surface area contributed by atoms with Gasteiger partial charge in [-0.25, -0.2) is 0 Å².